The lowest BCUT2D eigenvalue weighted by molar-refractivity contribution is 0.0954. The summed E-state index contributed by atoms with van der Waals surface area (Å²) in [5.74, 6) is 0.119. The smallest absolute Gasteiger partial charge is 0.255 e. The standard InChI is InChI=1S/C26H26N4O3/c1-4-27-25(31)20-10-9-18(3)23(13-20)29-26(32)19-6-5-7-22(12-19)33-16-21-15-30-14-17(2)8-11-24(30)28-21/h5-15H,4,16H2,1-3H3,(H,27,31)(H,29,32). The highest BCUT2D eigenvalue weighted by Crippen LogP contribution is 2.20. The van der Waals surface area contributed by atoms with Crippen molar-refractivity contribution in [3.63, 3.8) is 0 Å². The molecule has 0 atom stereocenters. The van der Waals surface area contributed by atoms with Gasteiger partial charge in [0.1, 0.15) is 18.0 Å². The fourth-order valence-corrected chi connectivity index (χ4v) is 3.46. The Morgan fingerprint density at radius 1 is 0.970 bits per heavy atom. The van der Waals surface area contributed by atoms with E-state index in [4.69, 9.17) is 4.74 Å². The molecule has 2 aromatic heterocycles. The van der Waals surface area contributed by atoms with Gasteiger partial charge in [-0.1, -0.05) is 18.2 Å². The van der Waals surface area contributed by atoms with Gasteiger partial charge in [-0.05, 0) is 68.3 Å². The van der Waals surface area contributed by atoms with Crippen LogP contribution in [0.4, 0.5) is 5.69 Å². The normalized spacial score (nSPS) is 10.8. The predicted octanol–water partition coefficient (Wildman–Crippen LogP) is 4.53. The van der Waals surface area contributed by atoms with Crippen molar-refractivity contribution in [3.05, 3.63) is 94.9 Å². The highest BCUT2D eigenvalue weighted by Gasteiger charge is 2.12. The number of nitrogens with zero attached hydrogens (tertiary/aromatic N) is 2. The van der Waals surface area contributed by atoms with Crippen molar-refractivity contribution in [2.75, 3.05) is 11.9 Å². The van der Waals surface area contributed by atoms with E-state index in [1.165, 1.54) is 0 Å². The first-order valence-corrected chi connectivity index (χ1v) is 10.8. The van der Waals surface area contributed by atoms with Gasteiger partial charge in [0, 0.05) is 35.8 Å². The molecule has 0 saturated carbocycles. The van der Waals surface area contributed by atoms with E-state index < -0.39 is 0 Å². The molecule has 0 fully saturated rings. The molecule has 0 radical (unpaired) electrons. The van der Waals surface area contributed by atoms with Crippen molar-refractivity contribution >= 4 is 23.1 Å². The molecule has 2 N–H and O–H groups in total. The van der Waals surface area contributed by atoms with E-state index in [-0.39, 0.29) is 11.8 Å². The summed E-state index contributed by atoms with van der Waals surface area (Å²) in [6, 6.07) is 16.2. The van der Waals surface area contributed by atoms with Crippen molar-refractivity contribution < 1.29 is 14.3 Å². The zero-order valence-electron chi connectivity index (χ0n) is 18.9. The number of fused-ring (bicyclic) bond motifs is 1. The van der Waals surface area contributed by atoms with Gasteiger partial charge in [-0.15, -0.1) is 0 Å². The Kier molecular flexibility index (Phi) is 6.40. The summed E-state index contributed by atoms with van der Waals surface area (Å²) in [7, 11) is 0. The molecule has 0 saturated heterocycles. The number of carbonyl (C=O) groups excluding carboxylic acids is 2. The lowest BCUT2D eigenvalue weighted by Gasteiger charge is -2.11. The van der Waals surface area contributed by atoms with E-state index >= 15 is 0 Å². The van der Waals surface area contributed by atoms with Crippen LogP contribution < -0.4 is 15.4 Å². The van der Waals surface area contributed by atoms with Crippen LogP contribution in [0, 0.1) is 13.8 Å². The quantitative estimate of drug-likeness (QED) is 0.440. The van der Waals surface area contributed by atoms with Crippen LogP contribution in [-0.2, 0) is 6.61 Å². The van der Waals surface area contributed by atoms with Crippen LogP contribution in [0.3, 0.4) is 0 Å². The van der Waals surface area contributed by atoms with E-state index in [0.717, 1.165) is 22.5 Å². The van der Waals surface area contributed by atoms with Crippen LogP contribution in [0.15, 0.2) is 67.0 Å². The molecule has 2 heterocycles. The average molecular weight is 443 g/mol. The summed E-state index contributed by atoms with van der Waals surface area (Å²) < 4.78 is 7.85. The molecule has 0 bridgehead atoms. The van der Waals surface area contributed by atoms with E-state index in [1.54, 1.807) is 36.4 Å². The first kappa shape index (κ1) is 22.1. The van der Waals surface area contributed by atoms with Crippen LogP contribution in [0.2, 0.25) is 0 Å². The van der Waals surface area contributed by atoms with Gasteiger partial charge in [-0.25, -0.2) is 4.98 Å². The van der Waals surface area contributed by atoms with Gasteiger partial charge in [0.25, 0.3) is 11.8 Å². The second-order valence-electron chi connectivity index (χ2n) is 7.86. The molecule has 2 aromatic carbocycles. The van der Waals surface area contributed by atoms with Crippen LogP contribution in [-0.4, -0.2) is 27.7 Å². The van der Waals surface area contributed by atoms with Crippen LogP contribution in [0.25, 0.3) is 5.65 Å². The summed E-state index contributed by atoms with van der Waals surface area (Å²) in [6.45, 7) is 6.60. The summed E-state index contributed by atoms with van der Waals surface area (Å²) in [6.07, 6.45) is 3.95. The van der Waals surface area contributed by atoms with E-state index in [9.17, 15) is 9.59 Å². The van der Waals surface area contributed by atoms with Gasteiger partial charge in [0.15, 0.2) is 0 Å². The van der Waals surface area contributed by atoms with E-state index in [1.807, 2.05) is 55.8 Å². The fraction of sp³-hybridized carbons (Fsp3) is 0.192. The number of amides is 2. The minimum atomic E-state index is -0.278. The number of imidazole rings is 1. The minimum absolute atomic E-state index is 0.175. The Bertz CT molecular complexity index is 1330. The number of ether oxygens (including phenoxy) is 1. The molecule has 0 aliphatic rings. The molecule has 2 amide bonds. The number of aryl methyl sites for hydroxylation is 2. The Labute approximate surface area is 192 Å². The third-order valence-corrected chi connectivity index (χ3v) is 5.22. The summed E-state index contributed by atoms with van der Waals surface area (Å²) in [4.78, 5) is 29.5. The molecule has 0 aliphatic carbocycles. The van der Waals surface area contributed by atoms with Crippen LogP contribution >= 0.6 is 0 Å². The SMILES string of the molecule is CCNC(=O)c1ccc(C)c(NC(=O)c2cccc(OCc3cn4cc(C)ccc4n3)c2)c1. The summed E-state index contributed by atoms with van der Waals surface area (Å²) >= 11 is 0. The predicted molar refractivity (Wildman–Crippen MR) is 128 cm³/mol. The number of pyridine rings is 1. The van der Waals surface area contributed by atoms with Crippen molar-refractivity contribution in [3.8, 4) is 5.75 Å². The maximum absolute atomic E-state index is 12.9. The molecule has 168 valence electrons. The van der Waals surface area contributed by atoms with Gasteiger partial charge < -0.3 is 19.8 Å². The highest BCUT2D eigenvalue weighted by molar-refractivity contribution is 6.05. The fourth-order valence-electron chi connectivity index (χ4n) is 3.46. The zero-order valence-corrected chi connectivity index (χ0v) is 18.9. The minimum Gasteiger partial charge on any atom is -0.487 e. The number of hydrogen-bond acceptors (Lipinski definition) is 4. The number of nitrogens with one attached hydrogen (secondary N) is 2. The Morgan fingerprint density at radius 3 is 2.61 bits per heavy atom. The van der Waals surface area contributed by atoms with Gasteiger partial charge in [-0.3, -0.25) is 9.59 Å². The van der Waals surface area contributed by atoms with Crippen LogP contribution in [0.1, 0.15) is 44.5 Å². The van der Waals surface area contributed by atoms with Gasteiger partial charge >= 0.3 is 0 Å². The van der Waals surface area contributed by atoms with Crippen LogP contribution in [0.5, 0.6) is 5.75 Å². The molecule has 4 rings (SSSR count). The molecule has 4 aromatic rings. The van der Waals surface area contributed by atoms with Gasteiger partial charge in [0.2, 0.25) is 0 Å². The second kappa shape index (κ2) is 9.56. The molecule has 0 spiro atoms. The molecule has 7 nitrogen and oxygen atoms in total. The maximum Gasteiger partial charge on any atom is 0.255 e. The van der Waals surface area contributed by atoms with Gasteiger partial charge in [0.05, 0.1) is 5.69 Å². The van der Waals surface area contributed by atoms with E-state index in [0.29, 0.717) is 35.7 Å². The van der Waals surface area contributed by atoms with Crippen molar-refractivity contribution in [1.82, 2.24) is 14.7 Å². The summed E-state index contributed by atoms with van der Waals surface area (Å²) in [5.41, 5.74) is 5.23. The van der Waals surface area contributed by atoms with Crippen molar-refractivity contribution in [1.29, 1.82) is 0 Å². The number of aromatic nitrogens is 2. The topological polar surface area (TPSA) is 84.7 Å². The third-order valence-electron chi connectivity index (χ3n) is 5.22. The lowest BCUT2D eigenvalue weighted by atomic mass is 10.1. The first-order chi connectivity index (χ1) is 15.9. The monoisotopic (exact) mass is 442 g/mol. The van der Waals surface area contributed by atoms with E-state index in [2.05, 4.69) is 15.6 Å². The Hall–Kier alpha value is -4.13. The number of anilines is 1. The second-order valence-corrected chi connectivity index (χ2v) is 7.86. The largest absolute Gasteiger partial charge is 0.487 e. The lowest BCUT2D eigenvalue weighted by Crippen LogP contribution is -2.23. The Morgan fingerprint density at radius 2 is 1.79 bits per heavy atom. The third kappa shape index (κ3) is 5.20. The molecule has 33 heavy (non-hydrogen) atoms. The first-order valence-electron chi connectivity index (χ1n) is 10.8. The highest BCUT2D eigenvalue weighted by atomic mass is 16.5. The molecular weight excluding hydrogens is 416 g/mol. The number of rotatable bonds is 7. The Balaban J connectivity index is 1.45. The molecular formula is C26H26N4O3. The number of benzene rings is 2. The summed E-state index contributed by atoms with van der Waals surface area (Å²) in [5, 5.41) is 5.66. The average Bonchev–Trinajstić information content (AvgIpc) is 3.21. The molecule has 0 unspecified atom stereocenters. The number of hydrogen-bond donors (Lipinski definition) is 2. The van der Waals surface area contributed by atoms with Crippen molar-refractivity contribution in [2.45, 2.75) is 27.4 Å². The zero-order chi connectivity index (χ0) is 23.4. The van der Waals surface area contributed by atoms with Crippen molar-refractivity contribution in [2.24, 2.45) is 0 Å². The number of carbonyl (C=O) groups is 2. The van der Waals surface area contributed by atoms with Gasteiger partial charge in [-0.2, -0.15) is 0 Å². The maximum atomic E-state index is 12.9. The molecule has 0 aliphatic heterocycles. The molecule has 7 heteroatoms.